The van der Waals surface area contributed by atoms with E-state index in [0.717, 1.165) is 5.56 Å². The average molecular weight is 505 g/mol. The van der Waals surface area contributed by atoms with E-state index in [2.05, 4.69) is 10.1 Å². The normalized spacial score (nSPS) is 17.1. The summed E-state index contributed by atoms with van der Waals surface area (Å²) in [7, 11) is 1.57. The van der Waals surface area contributed by atoms with Gasteiger partial charge < -0.3 is 24.6 Å². The number of carbonyl (C=O) groups excluding carboxylic acids is 1. The number of carboxylic acid groups (broad SMARTS) is 1. The predicted molar refractivity (Wildman–Crippen MR) is 127 cm³/mol. The van der Waals surface area contributed by atoms with Crippen molar-refractivity contribution in [3.05, 3.63) is 65.4 Å². The van der Waals surface area contributed by atoms with Crippen LogP contribution in [0.25, 0.3) is 16.7 Å². The lowest BCUT2D eigenvalue weighted by Crippen LogP contribution is -2.19. The second kappa shape index (κ2) is 11.8. The Morgan fingerprint density at radius 2 is 1.92 bits per heavy atom. The SMILES string of the molecule is COCCCOc1cc2c(cc1-c1cccc(OC(F)(F)F)c1)/C(C)=C/C(=O)/C(C(=O)O)=C\NCC2. The molecule has 7 nitrogen and oxygen atoms in total. The van der Waals surface area contributed by atoms with Gasteiger partial charge in [0, 0.05) is 38.4 Å². The number of hydrogen-bond donors (Lipinski definition) is 2. The fraction of sp³-hybridized carbons (Fsp3) is 0.308. The molecule has 1 aliphatic heterocycles. The molecule has 2 aromatic carbocycles. The molecule has 0 aliphatic carbocycles. The standard InChI is InChI=1S/C26H26F3NO6/c1-16-11-23(31)22(25(32)33)15-30-8-7-18-13-24(35-10-4-9-34-2)21(14-20(16)18)17-5-3-6-19(12-17)36-26(27,28)29/h3,5-6,11-15,30H,4,7-10H2,1-2H3,(H,32,33)/b16-11+,22-15+. The number of ether oxygens (including phenoxy) is 3. The monoisotopic (exact) mass is 505 g/mol. The zero-order chi connectivity index (χ0) is 26.3. The predicted octanol–water partition coefficient (Wildman–Crippen LogP) is 4.75. The maximum atomic E-state index is 12.8. The lowest BCUT2D eigenvalue weighted by Gasteiger charge is -2.19. The summed E-state index contributed by atoms with van der Waals surface area (Å²) < 4.78 is 53.5. The van der Waals surface area contributed by atoms with Crippen molar-refractivity contribution < 1.29 is 42.1 Å². The molecule has 10 heteroatoms. The van der Waals surface area contributed by atoms with Gasteiger partial charge in [-0.1, -0.05) is 12.1 Å². The molecule has 0 amide bonds. The van der Waals surface area contributed by atoms with E-state index in [1.54, 1.807) is 32.2 Å². The third-order valence-corrected chi connectivity index (χ3v) is 5.39. The molecule has 0 saturated heterocycles. The van der Waals surface area contributed by atoms with Gasteiger partial charge in [-0.2, -0.15) is 0 Å². The van der Waals surface area contributed by atoms with Crippen LogP contribution >= 0.6 is 0 Å². The Hall–Kier alpha value is -3.79. The molecule has 0 saturated carbocycles. The molecule has 1 heterocycles. The van der Waals surface area contributed by atoms with E-state index < -0.39 is 23.7 Å². The smallest absolute Gasteiger partial charge is 0.493 e. The first-order chi connectivity index (χ1) is 17.1. The molecule has 2 N–H and O–H groups in total. The Bertz CT molecular complexity index is 1190. The number of aliphatic carboxylic acids is 1. The van der Waals surface area contributed by atoms with Gasteiger partial charge in [0.2, 0.25) is 0 Å². The molecule has 0 bridgehead atoms. The number of alkyl halides is 3. The first kappa shape index (κ1) is 26.8. The average Bonchev–Trinajstić information content (AvgIpc) is 2.80. The molecule has 0 radical (unpaired) electrons. The van der Waals surface area contributed by atoms with Gasteiger partial charge in [-0.15, -0.1) is 13.2 Å². The maximum Gasteiger partial charge on any atom is 0.573 e. The molecular weight excluding hydrogens is 479 g/mol. The van der Waals surface area contributed by atoms with E-state index >= 15 is 0 Å². The highest BCUT2D eigenvalue weighted by molar-refractivity contribution is 6.22. The van der Waals surface area contributed by atoms with Crippen LogP contribution in [-0.2, 0) is 20.7 Å². The fourth-order valence-electron chi connectivity index (χ4n) is 3.76. The number of carboxylic acids is 1. The van der Waals surface area contributed by atoms with E-state index in [1.807, 2.05) is 0 Å². The molecule has 0 atom stereocenters. The van der Waals surface area contributed by atoms with E-state index in [9.17, 15) is 27.9 Å². The summed E-state index contributed by atoms with van der Waals surface area (Å²) in [6.45, 7) is 2.81. The third-order valence-electron chi connectivity index (χ3n) is 5.39. The Morgan fingerprint density at radius 1 is 1.14 bits per heavy atom. The maximum absolute atomic E-state index is 12.8. The molecule has 2 aromatic rings. The fourth-order valence-corrected chi connectivity index (χ4v) is 3.76. The van der Waals surface area contributed by atoms with Crippen LogP contribution in [0.5, 0.6) is 11.5 Å². The van der Waals surface area contributed by atoms with Gasteiger partial charge >= 0.3 is 12.3 Å². The van der Waals surface area contributed by atoms with Gasteiger partial charge in [0.15, 0.2) is 5.78 Å². The van der Waals surface area contributed by atoms with Crippen molar-refractivity contribution >= 4 is 17.3 Å². The summed E-state index contributed by atoms with van der Waals surface area (Å²) in [5.74, 6) is -1.96. The minimum atomic E-state index is -4.84. The van der Waals surface area contributed by atoms with Crippen LogP contribution in [0, 0.1) is 0 Å². The minimum Gasteiger partial charge on any atom is -0.493 e. The van der Waals surface area contributed by atoms with Crippen LogP contribution in [0.3, 0.4) is 0 Å². The van der Waals surface area contributed by atoms with Crippen LogP contribution in [0.2, 0.25) is 0 Å². The van der Waals surface area contributed by atoms with Crippen molar-refractivity contribution in [2.45, 2.75) is 26.1 Å². The van der Waals surface area contributed by atoms with E-state index in [-0.39, 0.29) is 5.75 Å². The number of methoxy groups -OCH3 is 1. The van der Waals surface area contributed by atoms with Crippen LogP contribution < -0.4 is 14.8 Å². The molecule has 0 unspecified atom stereocenters. The third kappa shape index (κ3) is 7.11. The van der Waals surface area contributed by atoms with E-state index in [1.165, 1.54) is 30.5 Å². The van der Waals surface area contributed by atoms with Crippen LogP contribution in [0.1, 0.15) is 24.5 Å². The number of hydrogen-bond acceptors (Lipinski definition) is 6. The number of carbonyl (C=O) groups is 2. The Labute approximate surface area is 206 Å². The molecule has 0 fully saturated rings. The molecule has 1 aliphatic rings. The Morgan fingerprint density at radius 3 is 2.61 bits per heavy atom. The first-order valence-electron chi connectivity index (χ1n) is 11.1. The number of rotatable bonds is 8. The largest absolute Gasteiger partial charge is 0.573 e. The minimum absolute atomic E-state index is 0.314. The summed E-state index contributed by atoms with van der Waals surface area (Å²) in [6, 6.07) is 9.06. The van der Waals surface area contributed by atoms with Crippen molar-refractivity contribution in [1.82, 2.24) is 5.32 Å². The molecule has 0 aromatic heterocycles. The Balaban J connectivity index is 2.12. The lowest BCUT2D eigenvalue weighted by molar-refractivity contribution is -0.274. The number of allylic oxidation sites excluding steroid dienone is 2. The molecule has 3 rings (SSSR count). The van der Waals surface area contributed by atoms with Crippen molar-refractivity contribution in [3.63, 3.8) is 0 Å². The second-order valence-corrected chi connectivity index (χ2v) is 8.03. The number of nitrogens with one attached hydrogen (secondary N) is 1. The second-order valence-electron chi connectivity index (χ2n) is 8.03. The molecular formula is C26H26F3NO6. The Kier molecular flexibility index (Phi) is 8.76. The number of fused-ring (bicyclic) bond motifs is 1. The van der Waals surface area contributed by atoms with Crippen molar-refractivity contribution in [1.29, 1.82) is 0 Å². The summed E-state index contributed by atoms with van der Waals surface area (Å²) >= 11 is 0. The zero-order valence-electron chi connectivity index (χ0n) is 19.8. The highest BCUT2D eigenvalue weighted by Gasteiger charge is 2.31. The molecule has 36 heavy (non-hydrogen) atoms. The van der Waals surface area contributed by atoms with Crippen LogP contribution in [0.4, 0.5) is 13.2 Å². The van der Waals surface area contributed by atoms with Crippen LogP contribution in [-0.4, -0.2) is 50.1 Å². The number of ketones is 1. The van der Waals surface area contributed by atoms with Gasteiger partial charge in [-0.05, 0) is 65.9 Å². The topological polar surface area (TPSA) is 94.1 Å². The highest BCUT2D eigenvalue weighted by Crippen LogP contribution is 2.38. The van der Waals surface area contributed by atoms with Crippen molar-refractivity contribution in [2.75, 3.05) is 26.9 Å². The van der Waals surface area contributed by atoms with E-state index in [0.29, 0.717) is 60.6 Å². The van der Waals surface area contributed by atoms with Crippen LogP contribution in [0.15, 0.2) is 54.2 Å². The molecule has 192 valence electrons. The first-order valence-corrected chi connectivity index (χ1v) is 11.1. The number of halogens is 3. The summed E-state index contributed by atoms with van der Waals surface area (Å²) in [5, 5.41) is 12.2. The quantitative estimate of drug-likeness (QED) is 0.395. The van der Waals surface area contributed by atoms with Gasteiger partial charge in [-0.25, -0.2) is 4.79 Å². The summed E-state index contributed by atoms with van der Waals surface area (Å²) in [6.07, 6.45) is -1.35. The summed E-state index contributed by atoms with van der Waals surface area (Å²) in [5.41, 5.74) is 2.51. The van der Waals surface area contributed by atoms with Crippen molar-refractivity contribution in [3.8, 4) is 22.6 Å². The van der Waals surface area contributed by atoms with E-state index in [4.69, 9.17) is 9.47 Å². The number of benzene rings is 2. The van der Waals surface area contributed by atoms with Gasteiger partial charge in [0.05, 0.1) is 6.61 Å². The lowest BCUT2D eigenvalue weighted by atomic mass is 9.91. The zero-order valence-corrected chi connectivity index (χ0v) is 19.8. The molecule has 0 spiro atoms. The van der Waals surface area contributed by atoms with Gasteiger partial charge in [0.25, 0.3) is 0 Å². The van der Waals surface area contributed by atoms with Gasteiger partial charge in [-0.3, -0.25) is 4.79 Å². The van der Waals surface area contributed by atoms with Crippen molar-refractivity contribution in [2.24, 2.45) is 0 Å². The van der Waals surface area contributed by atoms with Gasteiger partial charge in [0.1, 0.15) is 17.1 Å². The highest BCUT2D eigenvalue weighted by atomic mass is 19.4. The summed E-state index contributed by atoms with van der Waals surface area (Å²) in [4.78, 5) is 24.0.